The van der Waals surface area contributed by atoms with E-state index in [1.807, 2.05) is 39.0 Å². The number of aryl methyl sites for hydroxylation is 1. The second kappa shape index (κ2) is 13.3. The highest BCUT2D eigenvalue weighted by atomic mass is 35.5. The first-order valence-corrected chi connectivity index (χ1v) is 11.9. The Labute approximate surface area is 206 Å². The summed E-state index contributed by atoms with van der Waals surface area (Å²) in [6.07, 6.45) is 1.17. The van der Waals surface area contributed by atoms with Crippen LogP contribution in [0.5, 0.6) is 11.5 Å². The fraction of sp³-hybridized carbons (Fsp3) is 0.440. The van der Waals surface area contributed by atoms with Gasteiger partial charge in [0.1, 0.15) is 6.04 Å². The molecule has 2 rings (SSSR count). The van der Waals surface area contributed by atoms with Crippen molar-refractivity contribution in [3.8, 4) is 11.5 Å². The average molecular weight is 495 g/mol. The first-order valence-electron chi connectivity index (χ1n) is 11.2. The van der Waals surface area contributed by atoms with E-state index in [0.29, 0.717) is 53.2 Å². The van der Waals surface area contributed by atoms with Gasteiger partial charge in [0.15, 0.2) is 11.5 Å². The Kier molecular flexibility index (Phi) is 10.8. The number of amides is 2. The second-order valence-corrected chi connectivity index (χ2v) is 8.22. The maximum Gasteiger partial charge on any atom is 0.242 e. The summed E-state index contributed by atoms with van der Waals surface area (Å²) in [5.74, 6) is 0.942. The molecule has 0 fully saturated rings. The van der Waals surface area contributed by atoms with Crippen LogP contribution in [0.15, 0.2) is 36.4 Å². The summed E-state index contributed by atoms with van der Waals surface area (Å²) in [6.45, 7) is 6.90. The van der Waals surface area contributed by atoms with Crippen LogP contribution in [0.1, 0.15) is 44.7 Å². The third-order valence-electron chi connectivity index (χ3n) is 5.26. The number of nitrogens with zero attached hydrogens (tertiary/aromatic N) is 1. The Hall–Kier alpha value is -2.44. The van der Waals surface area contributed by atoms with Crippen molar-refractivity contribution in [1.82, 2.24) is 10.2 Å². The van der Waals surface area contributed by atoms with Crippen molar-refractivity contribution < 1.29 is 19.1 Å². The molecule has 0 aliphatic heterocycles. The molecule has 0 saturated heterocycles. The van der Waals surface area contributed by atoms with E-state index < -0.39 is 6.04 Å². The summed E-state index contributed by atoms with van der Waals surface area (Å²) in [5, 5.41) is 3.57. The number of halogens is 2. The lowest BCUT2D eigenvalue weighted by molar-refractivity contribution is -0.141. The van der Waals surface area contributed by atoms with Crippen molar-refractivity contribution >= 4 is 35.0 Å². The normalized spacial score (nSPS) is 11.6. The van der Waals surface area contributed by atoms with Crippen molar-refractivity contribution in [2.75, 3.05) is 20.3 Å². The van der Waals surface area contributed by atoms with Gasteiger partial charge in [0.2, 0.25) is 11.8 Å². The van der Waals surface area contributed by atoms with Crippen LogP contribution >= 0.6 is 23.2 Å². The number of ether oxygens (including phenoxy) is 2. The van der Waals surface area contributed by atoms with Crippen molar-refractivity contribution in [2.24, 2.45) is 0 Å². The van der Waals surface area contributed by atoms with Crippen LogP contribution in [0, 0.1) is 0 Å². The quantitative estimate of drug-likeness (QED) is 0.435. The van der Waals surface area contributed by atoms with Gasteiger partial charge in [-0.3, -0.25) is 9.59 Å². The zero-order valence-corrected chi connectivity index (χ0v) is 21.1. The van der Waals surface area contributed by atoms with Crippen LogP contribution < -0.4 is 14.8 Å². The van der Waals surface area contributed by atoms with E-state index in [9.17, 15) is 9.59 Å². The zero-order chi connectivity index (χ0) is 24.4. The Morgan fingerprint density at radius 1 is 1.00 bits per heavy atom. The van der Waals surface area contributed by atoms with E-state index in [-0.39, 0.29) is 24.8 Å². The Morgan fingerprint density at radius 3 is 2.21 bits per heavy atom. The highest BCUT2D eigenvalue weighted by Gasteiger charge is 2.29. The number of likely N-dealkylation sites (N-methyl/N-ethyl adjacent to an activating group) is 1. The van der Waals surface area contributed by atoms with E-state index in [0.717, 1.165) is 5.56 Å². The monoisotopic (exact) mass is 494 g/mol. The van der Waals surface area contributed by atoms with E-state index in [1.54, 1.807) is 30.1 Å². The lowest BCUT2D eigenvalue weighted by atomic mass is 10.1. The van der Waals surface area contributed by atoms with E-state index in [4.69, 9.17) is 32.7 Å². The molecule has 2 aromatic rings. The van der Waals surface area contributed by atoms with Gasteiger partial charge < -0.3 is 19.7 Å². The predicted molar refractivity (Wildman–Crippen MR) is 132 cm³/mol. The number of carbonyl (C=O) groups is 2. The molecule has 33 heavy (non-hydrogen) atoms. The Bertz CT molecular complexity index is 932. The van der Waals surface area contributed by atoms with Gasteiger partial charge >= 0.3 is 0 Å². The standard InChI is InChI=1S/C25H32Cl2N2O4/c1-5-21(25(31)28-4)29(16-18-19(26)9-8-10-20(18)27)24(30)14-12-17-11-13-22(32-6-2)23(15-17)33-7-3/h8-11,13,15,21H,5-7,12,14,16H2,1-4H3,(H,28,31). The van der Waals surface area contributed by atoms with Crippen LogP contribution in [0.4, 0.5) is 0 Å². The summed E-state index contributed by atoms with van der Waals surface area (Å²) in [6, 6.07) is 10.2. The summed E-state index contributed by atoms with van der Waals surface area (Å²) in [7, 11) is 1.56. The van der Waals surface area contributed by atoms with E-state index in [2.05, 4.69) is 5.32 Å². The van der Waals surface area contributed by atoms with Crippen molar-refractivity contribution in [3.63, 3.8) is 0 Å². The predicted octanol–water partition coefficient (Wildman–Crippen LogP) is 5.28. The molecule has 2 aromatic carbocycles. The molecule has 0 bridgehead atoms. The summed E-state index contributed by atoms with van der Waals surface area (Å²) in [5.41, 5.74) is 1.57. The summed E-state index contributed by atoms with van der Waals surface area (Å²) < 4.78 is 11.3. The van der Waals surface area contributed by atoms with Gasteiger partial charge in [0, 0.05) is 35.6 Å². The van der Waals surface area contributed by atoms with Crippen LogP contribution in [-0.4, -0.2) is 43.0 Å². The molecule has 6 nitrogen and oxygen atoms in total. The molecule has 0 aliphatic carbocycles. The van der Waals surface area contributed by atoms with Gasteiger partial charge in [-0.1, -0.05) is 42.3 Å². The lowest BCUT2D eigenvalue weighted by Crippen LogP contribution is -2.48. The molecule has 0 heterocycles. The Morgan fingerprint density at radius 2 is 1.64 bits per heavy atom. The molecule has 0 aromatic heterocycles. The maximum absolute atomic E-state index is 13.3. The molecule has 0 aliphatic rings. The molecule has 2 amide bonds. The number of nitrogens with one attached hydrogen (secondary N) is 1. The first kappa shape index (κ1) is 26.8. The van der Waals surface area contributed by atoms with Crippen LogP contribution in [0.2, 0.25) is 10.0 Å². The molecule has 180 valence electrons. The third kappa shape index (κ3) is 7.27. The number of hydrogen-bond acceptors (Lipinski definition) is 4. The second-order valence-electron chi connectivity index (χ2n) is 7.41. The maximum atomic E-state index is 13.3. The van der Waals surface area contributed by atoms with Crippen molar-refractivity contribution in [3.05, 3.63) is 57.6 Å². The largest absolute Gasteiger partial charge is 0.490 e. The van der Waals surface area contributed by atoms with Gasteiger partial charge in [-0.15, -0.1) is 0 Å². The minimum absolute atomic E-state index is 0.150. The van der Waals surface area contributed by atoms with E-state index in [1.165, 1.54) is 0 Å². The Balaban J connectivity index is 2.26. The zero-order valence-electron chi connectivity index (χ0n) is 19.6. The number of benzene rings is 2. The van der Waals surface area contributed by atoms with Crippen LogP contribution in [-0.2, 0) is 22.6 Å². The average Bonchev–Trinajstić information content (AvgIpc) is 2.80. The number of hydrogen-bond donors (Lipinski definition) is 1. The fourth-order valence-corrected chi connectivity index (χ4v) is 4.10. The number of rotatable bonds is 12. The molecule has 0 spiro atoms. The highest BCUT2D eigenvalue weighted by Crippen LogP contribution is 2.30. The highest BCUT2D eigenvalue weighted by molar-refractivity contribution is 6.36. The molecule has 1 atom stereocenters. The molecular formula is C25H32Cl2N2O4. The summed E-state index contributed by atoms with van der Waals surface area (Å²) in [4.78, 5) is 27.4. The van der Waals surface area contributed by atoms with Gasteiger partial charge in [-0.25, -0.2) is 0 Å². The van der Waals surface area contributed by atoms with Crippen LogP contribution in [0.25, 0.3) is 0 Å². The summed E-state index contributed by atoms with van der Waals surface area (Å²) >= 11 is 12.7. The smallest absolute Gasteiger partial charge is 0.242 e. The fourth-order valence-electron chi connectivity index (χ4n) is 3.59. The van der Waals surface area contributed by atoms with Crippen molar-refractivity contribution in [1.29, 1.82) is 0 Å². The minimum atomic E-state index is -0.630. The molecule has 0 saturated carbocycles. The van der Waals surface area contributed by atoms with E-state index >= 15 is 0 Å². The molecule has 1 unspecified atom stereocenters. The van der Waals surface area contributed by atoms with Gasteiger partial charge in [0.05, 0.1) is 13.2 Å². The van der Waals surface area contributed by atoms with Gasteiger partial charge in [-0.05, 0) is 56.5 Å². The molecule has 0 radical (unpaired) electrons. The lowest BCUT2D eigenvalue weighted by Gasteiger charge is -2.31. The van der Waals surface area contributed by atoms with Crippen LogP contribution in [0.3, 0.4) is 0 Å². The number of carbonyl (C=O) groups excluding carboxylic acids is 2. The van der Waals surface area contributed by atoms with Gasteiger partial charge in [0.25, 0.3) is 0 Å². The molecule has 1 N–H and O–H groups in total. The minimum Gasteiger partial charge on any atom is -0.490 e. The van der Waals surface area contributed by atoms with Gasteiger partial charge in [-0.2, -0.15) is 0 Å². The molecule has 8 heteroatoms. The topological polar surface area (TPSA) is 67.9 Å². The van der Waals surface area contributed by atoms with Crippen molar-refractivity contribution in [2.45, 2.75) is 52.6 Å². The first-order chi connectivity index (χ1) is 15.9. The SMILES string of the molecule is CCOc1ccc(CCC(=O)N(Cc2c(Cl)cccc2Cl)C(CC)C(=O)NC)cc1OCC. The molecular weight excluding hydrogens is 463 g/mol. The third-order valence-corrected chi connectivity index (χ3v) is 5.97.